The number of ether oxygens (including phenoxy) is 3. The van der Waals surface area contributed by atoms with Crippen LogP contribution in [0, 0.1) is 13.8 Å². The van der Waals surface area contributed by atoms with E-state index in [9.17, 15) is 4.79 Å². The quantitative estimate of drug-likeness (QED) is 0.614. The molecule has 5 rings (SSSR count). The lowest BCUT2D eigenvalue weighted by Crippen LogP contribution is -2.21. The zero-order chi connectivity index (χ0) is 21.5. The largest absolute Gasteiger partial charge is 0.492 e. The molecule has 3 aromatic carbocycles. The fourth-order valence-electron chi connectivity index (χ4n) is 4.55. The molecule has 5 heteroatoms. The molecular formula is C26H24O5. The smallest absolute Gasteiger partial charge is 0.304 e. The number of carboxylic acid groups (broad SMARTS) is 1. The summed E-state index contributed by atoms with van der Waals surface area (Å²) in [4.78, 5) is 11.1. The van der Waals surface area contributed by atoms with Crippen molar-refractivity contribution in [1.29, 1.82) is 0 Å². The Morgan fingerprint density at radius 1 is 0.935 bits per heavy atom. The lowest BCUT2D eigenvalue weighted by Gasteiger charge is -2.28. The predicted octanol–water partition coefficient (Wildman–Crippen LogP) is 5.43. The molecule has 0 amide bonds. The Labute approximate surface area is 181 Å². The molecular weight excluding hydrogens is 392 g/mol. The third-order valence-corrected chi connectivity index (χ3v) is 6.06. The summed E-state index contributed by atoms with van der Waals surface area (Å²) < 4.78 is 18.0. The van der Waals surface area contributed by atoms with E-state index in [1.54, 1.807) is 0 Å². The molecule has 2 aliphatic heterocycles. The average Bonchev–Trinajstić information content (AvgIpc) is 3.13. The van der Waals surface area contributed by atoms with Crippen molar-refractivity contribution < 1.29 is 24.1 Å². The second kappa shape index (κ2) is 7.65. The maximum Gasteiger partial charge on any atom is 0.304 e. The summed E-state index contributed by atoms with van der Waals surface area (Å²) in [6.07, 6.45) is -0.188. The summed E-state index contributed by atoms with van der Waals surface area (Å²) in [6.45, 7) is 5.02. The minimum absolute atomic E-state index is 0.0420. The Kier molecular flexibility index (Phi) is 4.81. The molecule has 0 saturated heterocycles. The minimum Gasteiger partial charge on any atom is -0.492 e. The highest BCUT2D eigenvalue weighted by atomic mass is 16.6. The zero-order valence-electron chi connectivity index (χ0n) is 17.6. The summed E-state index contributed by atoms with van der Waals surface area (Å²) in [7, 11) is 0. The van der Waals surface area contributed by atoms with E-state index in [2.05, 4.69) is 56.3 Å². The van der Waals surface area contributed by atoms with Gasteiger partial charge in [-0.15, -0.1) is 0 Å². The van der Waals surface area contributed by atoms with Gasteiger partial charge in [-0.2, -0.15) is 0 Å². The molecule has 31 heavy (non-hydrogen) atoms. The number of aliphatic carboxylic acids is 1. The van der Waals surface area contributed by atoms with Gasteiger partial charge in [0, 0.05) is 17.5 Å². The Bertz CT molecular complexity index is 1150. The van der Waals surface area contributed by atoms with Gasteiger partial charge in [-0.1, -0.05) is 36.4 Å². The Morgan fingerprint density at radius 2 is 1.68 bits per heavy atom. The van der Waals surface area contributed by atoms with Crippen LogP contribution >= 0.6 is 0 Å². The van der Waals surface area contributed by atoms with E-state index in [0.717, 1.165) is 16.7 Å². The van der Waals surface area contributed by atoms with Gasteiger partial charge in [-0.25, -0.2) is 0 Å². The second-order valence-corrected chi connectivity index (χ2v) is 8.25. The van der Waals surface area contributed by atoms with Crippen LogP contribution < -0.4 is 14.2 Å². The van der Waals surface area contributed by atoms with Crippen molar-refractivity contribution >= 4 is 5.97 Å². The number of hydrogen-bond donors (Lipinski definition) is 1. The van der Waals surface area contributed by atoms with Crippen molar-refractivity contribution in [2.45, 2.75) is 32.3 Å². The van der Waals surface area contributed by atoms with Crippen molar-refractivity contribution in [2.24, 2.45) is 0 Å². The van der Waals surface area contributed by atoms with Crippen molar-refractivity contribution in [2.75, 3.05) is 13.2 Å². The molecule has 1 unspecified atom stereocenters. The fraction of sp³-hybridized carbons (Fsp3) is 0.269. The van der Waals surface area contributed by atoms with Crippen LogP contribution in [0.4, 0.5) is 0 Å². The van der Waals surface area contributed by atoms with Gasteiger partial charge in [0.15, 0.2) is 17.6 Å². The number of hydrogen-bond acceptors (Lipinski definition) is 4. The standard InChI is InChI=1S/C26H24O5/c1-15-5-3-6-16(2)26(15)18-8-4-7-17(9-18)24-14-30-22-11-20-19(10-25(27)28)13-29-21(20)12-23(22)31-24/h3-9,11-12,19,24H,10,13-14H2,1-2H3,(H,27,28)/t19-,24?/m1/s1. The number of fused-ring (bicyclic) bond motifs is 2. The molecule has 5 nitrogen and oxygen atoms in total. The zero-order valence-corrected chi connectivity index (χ0v) is 17.6. The molecule has 2 atom stereocenters. The molecule has 0 fully saturated rings. The van der Waals surface area contributed by atoms with Crippen molar-refractivity contribution in [3.8, 4) is 28.4 Å². The second-order valence-electron chi connectivity index (χ2n) is 8.25. The molecule has 0 aliphatic carbocycles. The number of aryl methyl sites for hydroxylation is 2. The van der Waals surface area contributed by atoms with Crippen LogP contribution in [0.5, 0.6) is 17.2 Å². The monoisotopic (exact) mass is 416 g/mol. The molecule has 2 aliphatic rings. The average molecular weight is 416 g/mol. The van der Waals surface area contributed by atoms with Crippen LogP contribution in [0.25, 0.3) is 11.1 Å². The number of carboxylic acids is 1. The lowest BCUT2D eigenvalue weighted by atomic mass is 9.93. The van der Waals surface area contributed by atoms with E-state index in [1.165, 1.54) is 16.7 Å². The topological polar surface area (TPSA) is 65.0 Å². The molecule has 158 valence electrons. The van der Waals surface area contributed by atoms with Crippen LogP contribution in [0.15, 0.2) is 54.6 Å². The highest BCUT2D eigenvalue weighted by Crippen LogP contribution is 2.46. The molecule has 0 bridgehead atoms. The summed E-state index contributed by atoms with van der Waals surface area (Å²) in [6, 6.07) is 18.4. The van der Waals surface area contributed by atoms with Crippen LogP contribution in [0.1, 0.15) is 40.7 Å². The molecule has 0 aromatic heterocycles. The van der Waals surface area contributed by atoms with E-state index in [0.29, 0.717) is 30.5 Å². The highest BCUT2D eigenvalue weighted by molar-refractivity contribution is 5.71. The lowest BCUT2D eigenvalue weighted by molar-refractivity contribution is -0.137. The van der Waals surface area contributed by atoms with Gasteiger partial charge in [-0.05, 0) is 53.8 Å². The van der Waals surface area contributed by atoms with Gasteiger partial charge in [0.1, 0.15) is 12.4 Å². The van der Waals surface area contributed by atoms with Crippen molar-refractivity contribution in [1.82, 2.24) is 0 Å². The third-order valence-electron chi connectivity index (χ3n) is 6.06. The van der Waals surface area contributed by atoms with Crippen LogP contribution in [-0.4, -0.2) is 24.3 Å². The summed E-state index contributed by atoms with van der Waals surface area (Å²) >= 11 is 0. The van der Waals surface area contributed by atoms with E-state index in [4.69, 9.17) is 19.3 Å². The van der Waals surface area contributed by atoms with Gasteiger partial charge in [0.2, 0.25) is 0 Å². The number of benzene rings is 3. The third kappa shape index (κ3) is 3.61. The Balaban J connectivity index is 1.43. The molecule has 0 radical (unpaired) electrons. The number of rotatable bonds is 4. The first-order valence-corrected chi connectivity index (χ1v) is 10.5. The van der Waals surface area contributed by atoms with E-state index < -0.39 is 5.97 Å². The molecule has 0 spiro atoms. The fourth-order valence-corrected chi connectivity index (χ4v) is 4.55. The highest BCUT2D eigenvalue weighted by Gasteiger charge is 2.31. The molecule has 3 aromatic rings. The van der Waals surface area contributed by atoms with E-state index >= 15 is 0 Å². The number of carbonyl (C=O) groups is 1. The van der Waals surface area contributed by atoms with Crippen LogP contribution in [0.3, 0.4) is 0 Å². The minimum atomic E-state index is -0.833. The van der Waals surface area contributed by atoms with E-state index in [1.807, 2.05) is 12.1 Å². The van der Waals surface area contributed by atoms with Crippen molar-refractivity contribution in [3.05, 3.63) is 76.9 Å². The summed E-state index contributed by atoms with van der Waals surface area (Å²) in [5.74, 6) is 0.956. The molecule has 1 N–H and O–H groups in total. The van der Waals surface area contributed by atoms with Crippen LogP contribution in [-0.2, 0) is 4.79 Å². The van der Waals surface area contributed by atoms with Gasteiger partial charge in [-0.3, -0.25) is 4.79 Å². The summed E-state index contributed by atoms with van der Waals surface area (Å²) in [5.41, 5.74) is 6.82. The van der Waals surface area contributed by atoms with Crippen molar-refractivity contribution in [3.63, 3.8) is 0 Å². The van der Waals surface area contributed by atoms with Gasteiger partial charge in [0.25, 0.3) is 0 Å². The maximum atomic E-state index is 11.1. The first kappa shape index (κ1) is 19.5. The molecule has 0 saturated carbocycles. The first-order valence-electron chi connectivity index (χ1n) is 10.5. The Morgan fingerprint density at radius 3 is 2.45 bits per heavy atom. The van der Waals surface area contributed by atoms with Gasteiger partial charge >= 0.3 is 5.97 Å². The van der Waals surface area contributed by atoms with E-state index in [-0.39, 0.29) is 18.4 Å². The SMILES string of the molecule is Cc1cccc(C)c1-c1cccc(C2COc3cc4c(cc3O2)OC[C@H]4CC(=O)O)c1. The van der Waals surface area contributed by atoms with Crippen LogP contribution in [0.2, 0.25) is 0 Å². The first-order chi connectivity index (χ1) is 15.0. The summed E-state index contributed by atoms with van der Waals surface area (Å²) in [5, 5.41) is 9.13. The predicted molar refractivity (Wildman–Crippen MR) is 117 cm³/mol. The normalized spacial score (nSPS) is 18.9. The van der Waals surface area contributed by atoms with Gasteiger partial charge in [0.05, 0.1) is 13.0 Å². The van der Waals surface area contributed by atoms with Gasteiger partial charge < -0.3 is 19.3 Å². The Hall–Kier alpha value is -3.47. The molecule has 2 heterocycles. The maximum absolute atomic E-state index is 11.1.